The number of phosphoric ester groups is 1. The zero-order chi connectivity index (χ0) is 21.0. The zero-order valence-electron chi connectivity index (χ0n) is 17.9. The summed E-state index contributed by atoms with van der Waals surface area (Å²) in [6.45, 7) is 6.15. The summed E-state index contributed by atoms with van der Waals surface area (Å²) in [5.41, 5.74) is 8.27. The highest BCUT2D eigenvalue weighted by Crippen LogP contribution is 2.43. The first kappa shape index (κ1) is 25.3. The van der Waals surface area contributed by atoms with Crippen LogP contribution in [0.15, 0.2) is 24.3 Å². The summed E-state index contributed by atoms with van der Waals surface area (Å²) in [6, 6.07) is 8.80. The molecule has 0 bridgehead atoms. The Kier molecular flexibility index (Phi) is 11.5. The molecule has 0 saturated heterocycles. The quantitative estimate of drug-likeness (QED) is 0.320. The van der Waals surface area contributed by atoms with Crippen LogP contribution < -0.4 is 5.73 Å². The van der Waals surface area contributed by atoms with Crippen molar-refractivity contribution in [1.82, 2.24) is 0 Å². The van der Waals surface area contributed by atoms with Crippen LogP contribution in [0.5, 0.6) is 0 Å². The Morgan fingerprint density at radius 1 is 1.11 bits per heavy atom. The van der Waals surface area contributed by atoms with Crippen molar-refractivity contribution in [3.63, 3.8) is 0 Å². The normalized spacial score (nSPS) is 22.0. The molecule has 1 aliphatic carbocycles. The molecule has 4 N–H and O–H groups in total. The highest BCUT2D eigenvalue weighted by atomic mass is 31.2. The van der Waals surface area contributed by atoms with Gasteiger partial charge in [-0.3, -0.25) is 4.52 Å². The zero-order valence-corrected chi connectivity index (χ0v) is 18.8. The summed E-state index contributed by atoms with van der Waals surface area (Å²) < 4.78 is 15.5. The molecule has 2 unspecified atom stereocenters. The van der Waals surface area contributed by atoms with Gasteiger partial charge in [-0.2, -0.15) is 0 Å². The van der Waals surface area contributed by atoms with Gasteiger partial charge >= 0.3 is 7.82 Å². The van der Waals surface area contributed by atoms with E-state index in [0.717, 1.165) is 19.3 Å². The highest BCUT2D eigenvalue weighted by molar-refractivity contribution is 7.46. The lowest BCUT2D eigenvalue weighted by Gasteiger charge is -2.24. The number of nitrogens with two attached hydrogens (primary N) is 1. The van der Waals surface area contributed by atoms with Crippen molar-refractivity contribution in [2.45, 2.75) is 96.4 Å². The van der Waals surface area contributed by atoms with Crippen LogP contribution in [-0.2, 0) is 15.5 Å². The standard InChI is InChI=1S/C20H34NO4P.C2H6/c1-2-3-4-5-6-7-8-17-9-11-18(12-10-17)19-13-14-20(21,15-19)16-25-26(22,23)24;1-2/h9-12,19H,2-8,13-16,21H2,1H3,(H2,22,23,24);1-2H3. The average molecular weight is 414 g/mol. The van der Waals surface area contributed by atoms with Crippen LogP contribution in [0.4, 0.5) is 0 Å². The van der Waals surface area contributed by atoms with Crippen molar-refractivity contribution >= 4 is 7.82 Å². The molecular weight excluding hydrogens is 373 g/mol. The number of hydrogen-bond donors (Lipinski definition) is 3. The lowest BCUT2D eigenvalue weighted by atomic mass is 9.92. The smallest absolute Gasteiger partial charge is 0.323 e. The van der Waals surface area contributed by atoms with Gasteiger partial charge in [0.1, 0.15) is 0 Å². The van der Waals surface area contributed by atoms with Crippen LogP contribution >= 0.6 is 7.82 Å². The van der Waals surface area contributed by atoms with Gasteiger partial charge in [0.15, 0.2) is 0 Å². The highest BCUT2D eigenvalue weighted by Gasteiger charge is 2.38. The van der Waals surface area contributed by atoms with E-state index in [1.54, 1.807) is 0 Å². The summed E-state index contributed by atoms with van der Waals surface area (Å²) in [4.78, 5) is 17.7. The van der Waals surface area contributed by atoms with Gasteiger partial charge in [-0.1, -0.05) is 77.1 Å². The summed E-state index contributed by atoms with van der Waals surface area (Å²) in [5, 5.41) is 0. The lowest BCUT2D eigenvalue weighted by molar-refractivity contribution is 0.153. The SMILES string of the molecule is CC.CCCCCCCCc1ccc(C2CCC(N)(COP(=O)(O)O)C2)cc1. The molecular formula is C22H40NO4P. The van der Waals surface area contributed by atoms with Crippen molar-refractivity contribution in [2.24, 2.45) is 5.73 Å². The fraction of sp³-hybridized carbons (Fsp3) is 0.727. The van der Waals surface area contributed by atoms with Gasteiger partial charge in [0.25, 0.3) is 0 Å². The Bertz CT molecular complexity index is 587. The van der Waals surface area contributed by atoms with E-state index in [1.165, 1.54) is 49.7 Å². The topological polar surface area (TPSA) is 92.8 Å². The van der Waals surface area contributed by atoms with E-state index in [4.69, 9.17) is 15.5 Å². The van der Waals surface area contributed by atoms with Gasteiger partial charge in [0.2, 0.25) is 0 Å². The van der Waals surface area contributed by atoms with Crippen LogP contribution in [0.2, 0.25) is 0 Å². The maximum atomic E-state index is 10.9. The summed E-state index contributed by atoms with van der Waals surface area (Å²) >= 11 is 0. The van der Waals surface area contributed by atoms with E-state index < -0.39 is 13.4 Å². The molecule has 1 fully saturated rings. The van der Waals surface area contributed by atoms with E-state index in [-0.39, 0.29) is 6.61 Å². The minimum atomic E-state index is -4.46. The predicted octanol–water partition coefficient (Wildman–Crippen LogP) is 5.69. The molecule has 1 aromatic carbocycles. The third-order valence-electron chi connectivity index (χ3n) is 5.43. The second-order valence-electron chi connectivity index (χ2n) is 7.83. The number of unbranched alkanes of at least 4 members (excludes halogenated alkanes) is 5. The van der Waals surface area contributed by atoms with Crippen LogP contribution in [0.1, 0.15) is 95.6 Å². The van der Waals surface area contributed by atoms with Gasteiger partial charge in [-0.05, 0) is 49.1 Å². The first-order valence-corrected chi connectivity index (χ1v) is 12.4. The second-order valence-corrected chi connectivity index (χ2v) is 9.06. The molecule has 0 aromatic heterocycles. The molecule has 0 amide bonds. The Morgan fingerprint density at radius 2 is 1.71 bits per heavy atom. The molecule has 2 atom stereocenters. The van der Waals surface area contributed by atoms with Crippen molar-refractivity contribution in [2.75, 3.05) is 6.61 Å². The van der Waals surface area contributed by atoms with E-state index in [9.17, 15) is 4.57 Å². The monoisotopic (exact) mass is 413 g/mol. The van der Waals surface area contributed by atoms with E-state index in [2.05, 4.69) is 35.7 Å². The molecule has 0 aliphatic heterocycles. The molecule has 1 saturated carbocycles. The minimum Gasteiger partial charge on any atom is -0.323 e. The maximum Gasteiger partial charge on any atom is 0.469 e. The molecule has 1 aromatic rings. The number of phosphoric acid groups is 1. The number of aryl methyl sites for hydroxylation is 1. The Hall–Kier alpha value is -0.710. The van der Waals surface area contributed by atoms with E-state index in [1.807, 2.05) is 13.8 Å². The molecule has 0 radical (unpaired) electrons. The van der Waals surface area contributed by atoms with Crippen LogP contribution in [0, 0.1) is 0 Å². The fourth-order valence-electron chi connectivity index (χ4n) is 3.85. The third-order valence-corrected chi connectivity index (χ3v) is 5.90. The fourth-order valence-corrected chi connectivity index (χ4v) is 4.28. The molecule has 6 heteroatoms. The van der Waals surface area contributed by atoms with Crippen molar-refractivity contribution < 1.29 is 18.9 Å². The first-order chi connectivity index (χ1) is 13.3. The summed E-state index contributed by atoms with van der Waals surface area (Å²) in [5.74, 6) is 0.337. The Morgan fingerprint density at radius 3 is 2.32 bits per heavy atom. The summed E-state index contributed by atoms with van der Waals surface area (Å²) in [7, 11) is -4.46. The van der Waals surface area contributed by atoms with Gasteiger partial charge in [-0.25, -0.2) is 4.57 Å². The Labute approximate surface area is 171 Å². The molecule has 28 heavy (non-hydrogen) atoms. The molecule has 0 spiro atoms. The molecule has 2 rings (SSSR count). The van der Waals surface area contributed by atoms with Gasteiger partial charge in [0.05, 0.1) is 6.61 Å². The molecule has 1 aliphatic rings. The van der Waals surface area contributed by atoms with Crippen LogP contribution in [0.3, 0.4) is 0 Å². The first-order valence-electron chi connectivity index (χ1n) is 10.9. The van der Waals surface area contributed by atoms with E-state index >= 15 is 0 Å². The maximum absolute atomic E-state index is 10.9. The lowest BCUT2D eigenvalue weighted by Crippen LogP contribution is -2.41. The molecule has 162 valence electrons. The minimum absolute atomic E-state index is 0.0934. The average Bonchev–Trinajstić information content (AvgIpc) is 3.07. The summed E-state index contributed by atoms with van der Waals surface area (Å²) in [6.07, 6.45) is 11.4. The largest absolute Gasteiger partial charge is 0.469 e. The Balaban J connectivity index is 0.00000190. The third kappa shape index (κ3) is 9.67. The van der Waals surface area contributed by atoms with Gasteiger partial charge in [-0.15, -0.1) is 0 Å². The molecule has 0 heterocycles. The molecule has 5 nitrogen and oxygen atoms in total. The second kappa shape index (κ2) is 12.8. The number of rotatable bonds is 11. The van der Waals surface area contributed by atoms with Crippen molar-refractivity contribution in [1.29, 1.82) is 0 Å². The van der Waals surface area contributed by atoms with Crippen LogP contribution in [-0.4, -0.2) is 21.9 Å². The van der Waals surface area contributed by atoms with E-state index in [0.29, 0.717) is 12.3 Å². The van der Waals surface area contributed by atoms with Gasteiger partial charge in [0, 0.05) is 5.54 Å². The predicted molar refractivity (Wildman–Crippen MR) is 116 cm³/mol. The van der Waals surface area contributed by atoms with Crippen molar-refractivity contribution in [3.8, 4) is 0 Å². The number of hydrogen-bond acceptors (Lipinski definition) is 3. The van der Waals surface area contributed by atoms with Crippen molar-refractivity contribution in [3.05, 3.63) is 35.4 Å². The van der Waals surface area contributed by atoms with Crippen LogP contribution in [0.25, 0.3) is 0 Å². The van der Waals surface area contributed by atoms with Gasteiger partial charge < -0.3 is 15.5 Å². The number of benzene rings is 1.